The number of rotatable bonds is 9. The number of hydrogen-bond acceptors (Lipinski definition) is 4. The van der Waals surface area contributed by atoms with Gasteiger partial charge in [-0.15, -0.1) is 0 Å². The predicted molar refractivity (Wildman–Crippen MR) is 111 cm³/mol. The van der Waals surface area contributed by atoms with Crippen molar-refractivity contribution in [1.29, 1.82) is 0 Å². The molecule has 0 unspecified atom stereocenters. The summed E-state index contributed by atoms with van der Waals surface area (Å²) >= 11 is 0. The Morgan fingerprint density at radius 2 is 1.90 bits per heavy atom. The first-order valence-electron chi connectivity index (χ1n) is 10.4. The number of aliphatic hydroxyl groups is 1. The fourth-order valence-corrected chi connectivity index (χ4v) is 3.74. The van der Waals surface area contributed by atoms with Crippen molar-refractivity contribution in [3.8, 4) is 0 Å². The average molecular weight is 404 g/mol. The van der Waals surface area contributed by atoms with Crippen LogP contribution in [0.15, 0.2) is 30.3 Å². The van der Waals surface area contributed by atoms with Crippen molar-refractivity contribution in [2.24, 2.45) is 5.92 Å². The standard InChI is InChI=1S/C22H33N3O4/c1-4-15(2)20(23-16(3)27)22(29)25-12-8-11-19(25)21(28)24-18(14-26)13-17-9-6-5-7-10-17/h5-7,9-10,15,18-20,26H,4,8,11-14H2,1-3H3,(H,23,27)(H,24,28)/t15-,18-,19-,20-/m0/s1. The van der Waals surface area contributed by atoms with Crippen LogP contribution in [-0.4, -0.2) is 59.0 Å². The molecule has 0 saturated carbocycles. The van der Waals surface area contributed by atoms with E-state index in [1.807, 2.05) is 44.2 Å². The Kier molecular flexibility index (Phi) is 8.64. The first-order valence-corrected chi connectivity index (χ1v) is 10.4. The molecular weight excluding hydrogens is 370 g/mol. The summed E-state index contributed by atoms with van der Waals surface area (Å²) in [6, 6.07) is 8.02. The molecule has 0 aromatic heterocycles. The predicted octanol–water partition coefficient (Wildman–Crippen LogP) is 1.25. The Bertz CT molecular complexity index is 695. The maximum Gasteiger partial charge on any atom is 0.246 e. The van der Waals surface area contributed by atoms with Gasteiger partial charge in [0, 0.05) is 13.5 Å². The zero-order valence-electron chi connectivity index (χ0n) is 17.6. The molecule has 0 radical (unpaired) electrons. The fourth-order valence-electron chi connectivity index (χ4n) is 3.74. The van der Waals surface area contributed by atoms with Gasteiger partial charge in [-0.2, -0.15) is 0 Å². The monoisotopic (exact) mass is 403 g/mol. The lowest BCUT2D eigenvalue weighted by atomic mass is 9.97. The van der Waals surface area contributed by atoms with Gasteiger partial charge in [0.1, 0.15) is 12.1 Å². The van der Waals surface area contributed by atoms with Crippen LogP contribution < -0.4 is 10.6 Å². The van der Waals surface area contributed by atoms with Gasteiger partial charge in [-0.25, -0.2) is 0 Å². The lowest BCUT2D eigenvalue weighted by Crippen LogP contribution is -2.56. The van der Waals surface area contributed by atoms with Crippen LogP contribution in [0.3, 0.4) is 0 Å². The number of carbonyl (C=O) groups excluding carboxylic acids is 3. The quantitative estimate of drug-likeness (QED) is 0.578. The van der Waals surface area contributed by atoms with E-state index in [2.05, 4.69) is 10.6 Å². The fraction of sp³-hybridized carbons (Fsp3) is 0.591. The SMILES string of the molecule is CC[C@H](C)[C@H](NC(C)=O)C(=O)N1CCC[C@H]1C(=O)N[C@H](CO)Cc1ccccc1. The Morgan fingerprint density at radius 1 is 1.21 bits per heavy atom. The minimum atomic E-state index is -0.635. The van der Waals surface area contributed by atoms with Gasteiger partial charge < -0.3 is 20.6 Å². The van der Waals surface area contributed by atoms with Gasteiger partial charge in [-0.1, -0.05) is 50.6 Å². The average Bonchev–Trinajstić information content (AvgIpc) is 3.21. The normalized spacial score (nSPS) is 19.3. The maximum absolute atomic E-state index is 13.1. The summed E-state index contributed by atoms with van der Waals surface area (Å²) in [4.78, 5) is 39.2. The second-order valence-electron chi connectivity index (χ2n) is 7.83. The van der Waals surface area contributed by atoms with Gasteiger partial charge in [-0.3, -0.25) is 14.4 Å². The number of benzene rings is 1. The van der Waals surface area contributed by atoms with E-state index >= 15 is 0 Å². The second-order valence-corrected chi connectivity index (χ2v) is 7.83. The molecule has 1 aromatic rings. The minimum Gasteiger partial charge on any atom is -0.394 e. The smallest absolute Gasteiger partial charge is 0.246 e. The molecule has 7 heteroatoms. The van der Waals surface area contributed by atoms with Crippen molar-refractivity contribution in [3.63, 3.8) is 0 Å². The number of aliphatic hydroxyl groups excluding tert-OH is 1. The summed E-state index contributed by atoms with van der Waals surface area (Å²) in [6.07, 6.45) is 2.57. The van der Waals surface area contributed by atoms with Crippen molar-refractivity contribution >= 4 is 17.7 Å². The van der Waals surface area contributed by atoms with Crippen LogP contribution in [0.5, 0.6) is 0 Å². The van der Waals surface area contributed by atoms with Crippen LogP contribution in [0.1, 0.15) is 45.6 Å². The number of nitrogens with zero attached hydrogens (tertiary/aromatic N) is 1. The van der Waals surface area contributed by atoms with Gasteiger partial charge in [0.2, 0.25) is 17.7 Å². The minimum absolute atomic E-state index is 0.0287. The van der Waals surface area contributed by atoms with E-state index in [0.717, 1.165) is 18.4 Å². The Balaban J connectivity index is 2.06. The first-order chi connectivity index (χ1) is 13.9. The highest BCUT2D eigenvalue weighted by molar-refractivity contribution is 5.92. The van der Waals surface area contributed by atoms with Crippen molar-refractivity contribution in [1.82, 2.24) is 15.5 Å². The van der Waals surface area contributed by atoms with Crippen LogP contribution in [0.25, 0.3) is 0 Å². The topological polar surface area (TPSA) is 98.7 Å². The summed E-state index contributed by atoms with van der Waals surface area (Å²) in [6.45, 7) is 5.60. The highest BCUT2D eigenvalue weighted by Crippen LogP contribution is 2.21. The molecule has 160 valence electrons. The third-order valence-electron chi connectivity index (χ3n) is 5.57. The highest BCUT2D eigenvalue weighted by atomic mass is 16.3. The van der Waals surface area contributed by atoms with Crippen molar-refractivity contribution in [3.05, 3.63) is 35.9 Å². The lowest BCUT2D eigenvalue weighted by molar-refractivity contribution is -0.142. The maximum atomic E-state index is 13.1. The molecule has 0 spiro atoms. The van der Waals surface area contributed by atoms with Crippen LogP contribution in [0, 0.1) is 5.92 Å². The van der Waals surface area contributed by atoms with E-state index in [1.54, 1.807) is 4.90 Å². The molecule has 1 saturated heterocycles. The Hall–Kier alpha value is -2.41. The van der Waals surface area contributed by atoms with Gasteiger partial charge in [0.05, 0.1) is 12.6 Å². The summed E-state index contributed by atoms with van der Waals surface area (Å²) in [5.41, 5.74) is 1.02. The number of nitrogens with one attached hydrogen (secondary N) is 2. The van der Waals surface area contributed by atoms with E-state index in [0.29, 0.717) is 19.4 Å². The summed E-state index contributed by atoms with van der Waals surface area (Å²) < 4.78 is 0. The zero-order chi connectivity index (χ0) is 21.4. The van der Waals surface area contributed by atoms with Crippen LogP contribution in [-0.2, 0) is 20.8 Å². The number of hydrogen-bond donors (Lipinski definition) is 3. The highest BCUT2D eigenvalue weighted by Gasteiger charge is 2.39. The first kappa shape index (κ1) is 22.9. The van der Waals surface area contributed by atoms with Gasteiger partial charge in [0.15, 0.2) is 0 Å². The summed E-state index contributed by atoms with van der Waals surface area (Å²) in [7, 11) is 0. The molecule has 29 heavy (non-hydrogen) atoms. The molecule has 0 bridgehead atoms. The van der Waals surface area contributed by atoms with Crippen LogP contribution in [0.4, 0.5) is 0 Å². The van der Waals surface area contributed by atoms with E-state index < -0.39 is 18.1 Å². The van der Waals surface area contributed by atoms with Gasteiger partial charge in [0.25, 0.3) is 0 Å². The Labute approximate surface area is 172 Å². The molecule has 1 fully saturated rings. The zero-order valence-corrected chi connectivity index (χ0v) is 17.6. The number of amides is 3. The molecule has 0 aliphatic carbocycles. The van der Waals surface area contributed by atoms with Crippen molar-refractivity contribution in [2.45, 2.75) is 64.6 Å². The third kappa shape index (κ3) is 6.29. The molecule has 1 heterocycles. The van der Waals surface area contributed by atoms with Gasteiger partial charge >= 0.3 is 0 Å². The largest absolute Gasteiger partial charge is 0.394 e. The molecule has 3 amide bonds. The van der Waals surface area contributed by atoms with E-state index in [9.17, 15) is 19.5 Å². The summed E-state index contributed by atoms with van der Waals surface area (Å²) in [5, 5.41) is 15.3. The molecule has 7 nitrogen and oxygen atoms in total. The number of likely N-dealkylation sites (tertiary alicyclic amines) is 1. The molecule has 3 N–H and O–H groups in total. The third-order valence-corrected chi connectivity index (χ3v) is 5.57. The Morgan fingerprint density at radius 3 is 2.48 bits per heavy atom. The lowest BCUT2D eigenvalue weighted by Gasteiger charge is -2.31. The molecule has 2 rings (SSSR count). The molecule has 1 aliphatic heterocycles. The molecule has 1 aromatic carbocycles. The summed E-state index contributed by atoms with van der Waals surface area (Å²) in [5.74, 6) is -0.751. The van der Waals surface area contributed by atoms with E-state index in [1.165, 1.54) is 6.92 Å². The van der Waals surface area contributed by atoms with Gasteiger partial charge in [-0.05, 0) is 30.7 Å². The van der Waals surface area contributed by atoms with E-state index in [-0.39, 0.29) is 30.2 Å². The van der Waals surface area contributed by atoms with Crippen LogP contribution >= 0.6 is 0 Å². The molecule has 4 atom stereocenters. The van der Waals surface area contributed by atoms with Crippen molar-refractivity contribution in [2.75, 3.05) is 13.2 Å². The second kappa shape index (κ2) is 11.0. The molecular formula is C22H33N3O4. The number of carbonyl (C=O) groups is 3. The molecule has 1 aliphatic rings. The van der Waals surface area contributed by atoms with Crippen molar-refractivity contribution < 1.29 is 19.5 Å². The van der Waals surface area contributed by atoms with Crippen LogP contribution in [0.2, 0.25) is 0 Å². The van der Waals surface area contributed by atoms with E-state index in [4.69, 9.17) is 0 Å².